The molecule has 5 nitrogen and oxygen atoms in total. The van der Waals surface area contributed by atoms with Gasteiger partial charge < -0.3 is 10.2 Å². The van der Waals surface area contributed by atoms with Crippen LogP contribution >= 0.6 is 12.4 Å². The number of piperazine rings is 1. The number of carbonyl (C=O) groups is 2. The Hall–Kier alpha value is -2.21. The van der Waals surface area contributed by atoms with E-state index in [0.29, 0.717) is 22.7 Å². The Morgan fingerprint density at radius 2 is 1.50 bits per heavy atom. The SMILES string of the molecule is Cl.O=C(c1ccccc1)c1ccccc1C(=O)N1CCC(N2CCNCC2)C1. The molecule has 28 heavy (non-hydrogen) atoms. The Labute approximate surface area is 172 Å². The molecule has 0 radical (unpaired) electrons. The molecule has 1 amide bonds. The van der Waals surface area contributed by atoms with E-state index in [0.717, 1.165) is 45.7 Å². The Bertz CT molecular complexity index is 822. The Morgan fingerprint density at radius 3 is 2.21 bits per heavy atom. The zero-order chi connectivity index (χ0) is 18.6. The Kier molecular flexibility index (Phi) is 6.83. The van der Waals surface area contributed by atoms with Gasteiger partial charge in [0.15, 0.2) is 5.78 Å². The molecule has 2 aliphatic heterocycles. The summed E-state index contributed by atoms with van der Waals surface area (Å²) in [5.74, 6) is -0.134. The first-order chi connectivity index (χ1) is 13.2. The first-order valence-corrected chi connectivity index (χ1v) is 9.67. The van der Waals surface area contributed by atoms with Gasteiger partial charge in [-0.15, -0.1) is 12.4 Å². The predicted molar refractivity (Wildman–Crippen MR) is 112 cm³/mol. The van der Waals surface area contributed by atoms with Crippen molar-refractivity contribution < 1.29 is 9.59 Å². The monoisotopic (exact) mass is 399 g/mol. The molecule has 2 aliphatic rings. The summed E-state index contributed by atoms with van der Waals surface area (Å²) in [6.07, 6.45) is 1.00. The third-order valence-corrected chi connectivity index (χ3v) is 5.56. The molecule has 0 bridgehead atoms. The minimum atomic E-state index is -0.0996. The van der Waals surface area contributed by atoms with Crippen molar-refractivity contribution in [3.8, 4) is 0 Å². The number of rotatable bonds is 4. The second-order valence-corrected chi connectivity index (χ2v) is 7.22. The fourth-order valence-corrected chi connectivity index (χ4v) is 4.05. The van der Waals surface area contributed by atoms with Crippen molar-refractivity contribution in [2.24, 2.45) is 0 Å². The highest BCUT2D eigenvalue weighted by molar-refractivity contribution is 6.15. The fraction of sp³-hybridized carbons (Fsp3) is 0.364. The van der Waals surface area contributed by atoms with Crippen LogP contribution in [0.2, 0.25) is 0 Å². The van der Waals surface area contributed by atoms with E-state index in [1.807, 2.05) is 35.2 Å². The highest BCUT2D eigenvalue weighted by atomic mass is 35.5. The molecule has 0 aliphatic carbocycles. The fourth-order valence-electron chi connectivity index (χ4n) is 4.05. The third-order valence-electron chi connectivity index (χ3n) is 5.56. The van der Waals surface area contributed by atoms with Gasteiger partial charge >= 0.3 is 0 Å². The van der Waals surface area contributed by atoms with Crippen LogP contribution in [-0.2, 0) is 0 Å². The van der Waals surface area contributed by atoms with Crippen molar-refractivity contribution >= 4 is 24.1 Å². The van der Waals surface area contributed by atoms with Gasteiger partial charge in [0.05, 0.1) is 5.56 Å². The number of hydrogen-bond acceptors (Lipinski definition) is 4. The van der Waals surface area contributed by atoms with Crippen LogP contribution in [0, 0.1) is 0 Å². The summed E-state index contributed by atoms with van der Waals surface area (Å²) in [4.78, 5) is 30.5. The van der Waals surface area contributed by atoms with E-state index in [4.69, 9.17) is 0 Å². The number of carbonyl (C=O) groups excluding carboxylic acids is 2. The molecule has 0 aromatic heterocycles. The topological polar surface area (TPSA) is 52.7 Å². The third kappa shape index (κ3) is 4.27. The van der Waals surface area contributed by atoms with Gasteiger partial charge in [0, 0.05) is 56.4 Å². The van der Waals surface area contributed by atoms with E-state index < -0.39 is 0 Å². The molecule has 0 saturated carbocycles. The zero-order valence-corrected chi connectivity index (χ0v) is 16.7. The average molecular weight is 400 g/mol. The van der Waals surface area contributed by atoms with Gasteiger partial charge in [-0.05, 0) is 12.5 Å². The van der Waals surface area contributed by atoms with Crippen LogP contribution < -0.4 is 5.32 Å². The first kappa shape index (κ1) is 20.5. The minimum absolute atomic E-state index is 0. The average Bonchev–Trinajstić information content (AvgIpc) is 3.24. The van der Waals surface area contributed by atoms with Gasteiger partial charge in [-0.1, -0.05) is 48.5 Å². The second kappa shape index (κ2) is 9.32. The number of ketones is 1. The van der Waals surface area contributed by atoms with Crippen molar-refractivity contribution in [1.82, 2.24) is 15.1 Å². The largest absolute Gasteiger partial charge is 0.337 e. The maximum Gasteiger partial charge on any atom is 0.254 e. The molecule has 2 saturated heterocycles. The van der Waals surface area contributed by atoms with Gasteiger partial charge in [0.25, 0.3) is 5.91 Å². The lowest BCUT2D eigenvalue weighted by Crippen LogP contribution is -2.49. The first-order valence-electron chi connectivity index (χ1n) is 9.67. The summed E-state index contributed by atoms with van der Waals surface area (Å²) >= 11 is 0. The van der Waals surface area contributed by atoms with Crippen LogP contribution in [-0.4, -0.2) is 66.8 Å². The van der Waals surface area contributed by atoms with Gasteiger partial charge in [-0.25, -0.2) is 0 Å². The molecule has 0 spiro atoms. The summed E-state index contributed by atoms with van der Waals surface area (Å²) in [6.45, 7) is 5.59. The minimum Gasteiger partial charge on any atom is -0.337 e. The van der Waals surface area contributed by atoms with Crippen LogP contribution in [0.15, 0.2) is 54.6 Å². The quantitative estimate of drug-likeness (QED) is 0.802. The van der Waals surface area contributed by atoms with E-state index in [2.05, 4.69) is 10.2 Å². The number of amides is 1. The molecule has 1 N–H and O–H groups in total. The molecule has 1 unspecified atom stereocenters. The van der Waals surface area contributed by atoms with Crippen molar-refractivity contribution in [2.75, 3.05) is 39.3 Å². The molecule has 1 atom stereocenters. The summed E-state index contributed by atoms with van der Waals surface area (Å²) in [5, 5.41) is 3.37. The molecule has 2 fully saturated rings. The van der Waals surface area contributed by atoms with Gasteiger partial charge in [-0.2, -0.15) is 0 Å². The molecule has 4 rings (SSSR count). The summed E-state index contributed by atoms with van der Waals surface area (Å²) in [7, 11) is 0. The van der Waals surface area contributed by atoms with E-state index >= 15 is 0 Å². The maximum atomic E-state index is 13.2. The van der Waals surface area contributed by atoms with Crippen molar-refractivity contribution in [3.63, 3.8) is 0 Å². The molecular formula is C22H26ClN3O2. The second-order valence-electron chi connectivity index (χ2n) is 7.22. The predicted octanol–water partition coefficient (Wildman–Crippen LogP) is 2.46. The van der Waals surface area contributed by atoms with E-state index in [9.17, 15) is 9.59 Å². The van der Waals surface area contributed by atoms with Gasteiger partial charge in [0.2, 0.25) is 0 Å². The highest BCUT2D eigenvalue weighted by Gasteiger charge is 2.32. The summed E-state index contributed by atoms with van der Waals surface area (Å²) in [6, 6.07) is 16.8. The lowest BCUT2D eigenvalue weighted by atomic mass is 9.97. The smallest absolute Gasteiger partial charge is 0.254 e. The summed E-state index contributed by atoms with van der Waals surface area (Å²) < 4.78 is 0. The molecular weight excluding hydrogens is 374 g/mol. The number of benzene rings is 2. The number of nitrogens with one attached hydrogen (secondary N) is 1. The van der Waals surface area contributed by atoms with Crippen LogP contribution in [0.5, 0.6) is 0 Å². The van der Waals surface area contributed by atoms with Crippen molar-refractivity contribution in [2.45, 2.75) is 12.5 Å². The van der Waals surface area contributed by atoms with E-state index in [1.54, 1.807) is 24.3 Å². The maximum absolute atomic E-state index is 13.2. The highest BCUT2D eigenvalue weighted by Crippen LogP contribution is 2.22. The van der Waals surface area contributed by atoms with Crippen molar-refractivity contribution in [3.05, 3.63) is 71.3 Å². The zero-order valence-electron chi connectivity index (χ0n) is 15.8. The van der Waals surface area contributed by atoms with Crippen LogP contribution in [0.1, 0.15) is 32.7 Å². The van der Waals surface area contributed by atoms with Crippen LogP contribution in [0.25, 0.3) is 0 Å². The number of likely N-dealkylation sites (tertiary alicyclic amines) is 1. The van der Waals surface area contributed by atoms with E-state index in [1.165, 1.54) is 0 Å². The number of halogens is 1. The number of hydrogen-bond donors (Lipinski definition) is 1. The Balaban J connectivity index is 0.00000225. The summed E-state index contributed by atoms with van der Waals surface area (Å²) in [5.41, 5.74) is 1.60. The van der Waals surface area contributed by atoms with Gasteiger partial charge in [0.1, 0.15) is 0 Å². The molecule has 2 aromatic carbocycles. The van der Waals surface area contributed by atoms with Crippen LogP contribution in [0.3, 0.4) is 0 Å². The Morgan fingerprint density at radius 1 is 0.857 bits per heavy atom. The lowest BCUT2D eigenvalue weighted by molar-refractivity contribution is 0.0769. The molecule has 148 valence electrons. The molecule has 2 aromatic rings. The van der Waals surface area contributed by atoms with E-state index in [-0.39, 0.29) is 24.1 Å². The standard InChI is InChI=1S/C22H25N3O2.ClH/c26-21(17-6-2-1-3-7-17)19-8-4-5-9-20(19)22(27)25-13-10-18(16-25)24-14-11-23-12-15-24;/h1-9,18,23H,10-16H2;1H. The molecule has 2 heterocycles. The van der Waals surface area contributed by atoms with Gasteiger partial charge in [-0.3, -0.25) is 14.5 Å². The molecule has 6 heteroatoms. The van der Waals surface area contributed by atoms with Crippen molar-refractivity contribution in [1.29, 1.82) is 0 Å². The lowest BCUT2D eigenvalue weighted by Gasteiger charge is -2.32. The number of nitrogens with zero attached hydrogens (tertiary/aromatic N) is 2. The van der Waals surface area contributed by atoms with Crippen LogP contribution in [0.4, 0.5) is 0 Å². The normalized spacial score (nSPS) is 19.9.